The second-order valence-electron chi connectivity index (χ2n) is 6.28. The summed E-state index contributed by atoms with van der Waals surface area (Å²) in [6.07, 6.45) is 4.06. The lowest BCUT2D eigenvalue weighted by Gasteiger charge is -2.11. The average Bonchev–Trinajstić information content (AvgIpc) is 2.83. The molecule has 0 unspecified atom stereocenters. The van der Waals surface area contributed by atoms with E-state index in [-0.39, 0.29) is 5.91 Å². The Kier molecular flexibility index (Phi) is 5.16. The summed E-state index contributed by atoms with van der Waals surface area (Å²) >= 11 is 0. The molecule has 6 nitrogen and oxygen atoms in total. The molecule has 0 radical (unpaired) electrons. The standard InChI is InChI=1S/C19H23N3O3/c1-13(19(24)25-2)20-18(23)16-15-11-7-4-8-12-22(15)17(21-16)14-9-5-3-6-10-14/h3,5-6,9-10,13H,4,7-8,11-12H2,1-2H3,(H,20,23)/t13-/m0/s1. The molecule has 1 aromatic heterocycles. The van der Waals surface area contributed by atoms with Gasteiger partial charge in [-0.2, -0.15) is 0 Å². The van der Waals surface area contributed by atoms with Gasteiger partial charge in [-0.15, -0.1) is 0 Å². The number of ether oxygens (including phenoxy) is 1. The Balaban J connectivity index is 1.98. The van der Waals surface area contributed by atoms with E-state index in [4.69, 9.17) is 0 Å². The lowest BCUT2D eigenvalue weighted by atomic mass is 10.1. The van der Waals surface area contributed by atoms with E-state index in [1.54, 1.807) is 6.92 Å². The van der Waals surface area contributed by atoms with Crippen LogP contribution in [0.4, 0.5) is 0 Å². The first-order chi connectivity index (χ1) is 12.1. The number of nitrogens with zero attached hydrogens (tertiary/aromatic N) is 2. The molecule has 2 heterocycles. The van der Waals surface area contributed by atoms with Crippen LogP contribution in [0.3, 0.4) is 0 Å². The molecule has 0 saturated carbocycles. The number of rotatable bonds is 4. The summed E-state index contributed by atoms with van der Waals surface area (Å²) < 4.78 is 6.83. The lowest BCUT2D eigenvalue weighted by Crippen LogP contribution is -2.39. The molecule has 1 amide bonds. The summed E-state index contributed by atoms with van der Waals surface area (Å²) in [6, 6.07) is 9.18. The summed E-state index contributed by atoms with van der Waals surface area (Å²) in [6.45, 7) is 2.46. The predicted molar refractivity (Wildman–Crippen MR) is 94.2 cm³/mol. The Hall–Kier alpha value is -2.63. The van der Waals surface area contributed by atoms with Crippen LogP contribution in [0.25, 0.3) is 11.4 Å². The van der Waals surface area contributed by atoms with Crippen LogP contribution in [0.5, 0.6) is 0 Å². The molecule has 0 bridgehead atoms. The Morgan fingerprint density at radius 1 is 1.20 bits per heavy atom. The van der Waals surface area contributed by atoms with E-state index in [0.29, 0.717) is 5.69 Å². The zero-order valence-electron chi connectivity index (χ0n) is 14.6. The minimum Gasteiger partial charge on any atom is -0.467 e. The number of aromatic nitrogens is 2. The summed E-state index contributed by atoms with van der Waals surface area (Å²) in [5.74, 6) is 0.0148. The van der Waals surface area contributed by atoms with Gasteiger partial charge in [0.15, 0.2) is 0 Å². The number of carbonyl (C=O) groups excluding carboxylic acids is 2. The molecule has 1 aliphatic rings. The lowest BCUT2D eigenvalue weighted by molar-refractivity contribution is -0.142. The number of methoxy groups -OCH3 is 1. The first-order valence-electron chi connectivity index (χ1n) is 8.65. The topological polar surface area (TPSA) is 73.2 Å². The fourth-order valence-electron chi connectivity index (χ4n) is 3.21. The minimum atomic E-state index is -0.708. The third-order valence-electron chi connectivity index (χ3n) is 4.52. The van der Waals surface area contributed by atoms with E-state index >= 15 is 0 Å². The number of hydrogen-bond donors (Lipinski definition) is 1. The fourth-order valence-corrected chi connectivity index (χ4v) is 3.21. The number of fused-ring (bicyclic) bond motifs is 1. The molecule has 0 fully saturated rings. The number of hydrogen-bond acceptors (Lipinski definition) is 4. The zero-order valence-corrected chi connectivity index (χ0v) is 14.6. The molecule has 25 heavy (non-hydrogen) atoms. The van der Waals surface area contributed by atoms with Gasteiger partial charge in [-0.1, -0.05) is 36.8 Å². The Morgan fingerprint density at radius 2 is 1.96 bits per heavy atom. The van der Waals surface area contributed by atoms with Crippen molar-refractivity contribution in [2.45, 2.75) is 45.2 Å². The third kappa shape index (κ3) is 3.57. The SMILES string of the molecule is COC(=O)[C@H](C)NC(=O)c1nc(-c2ccccc2)n2c1CCCCC2. The number of imidazole rings is 1. The van der Waals surface area contributed by atoms with E-state index < -0.39 is 12.0 Å². The maximum absolute atomic E-state index is 12.7. The van der Waals surface area contributed by atoms with Crippen molar-refractivity contribution in [2.75, 3.05) is 7.11 Å². The first-order valence-corrected chi connectivity index (χ1v) is 8.65. The number of carbonyl (C=O) groups is 2. The molecule has 0 aliphatic carbocycles. The molecule has 0 saturated heterocycles. The molecular weight excluding hydrogens is 318 g/mol. The average molecular weight is 341 g/mol. The molecule has 0 spiro atoms. The van der Waals surface area contributed by atoms with Gasteiger partial charge in [-0.3, -0.25) is 4.79 Å². The van der Waals surface area contributed by atoms with Crippen LogP contribution in [0.1, 0.15) is 42.4 Å². The van der Waals surface area contributed by atoms with Gasteiger partial charge in [0.2, 0.25) is 0 Å². The van der Waals surface area contributed by atoms with E-state index in [1.807, 2.05) is 30.3 Å². The van der Waals surface area contributed by atoms with Crippen LogP contribution in [0, 0.1) is 0 Å². The van der Waals surface area contributed by atoms with E-state index in [2.05, 4.69) is 19.6 Å². The van der Waals surface area contributed by atoms with Crippen molar-refractivity contribution < 1.29 is 14.3 Å². The Morgan fingerprint density at radius 3 is 2.68 bits per heavy atom. The molecule has 2 aromatic rings. The molecule has 6 heteroatoms. The summed E-state index contributed by atoms with van der Waals surface area (Å²) in [4.78, 5) is 28.9. The van der Waals surface area contributed by atoms with Crippen LogP contribution in [-0.4, -0.2) is 34.6 Å². The second kappa shape index (κ2) is 7.51. The minimum absolute atomic E-state index is 0.328. The summed E-state index contributed by atoms with van der Waals surface area (Å²) in [7, 11) is 1.31. The number of nitrogens with one attached hydrogen (secondary N) is 1. The number of amides is 1. The van der Waals surface area contributed by atoms with Crippen LogP contribution >= 0.6 is 0 Å². The van der Waals surface area contributed by atoms with Gasteiger partial charge in [0, 0.05) is 12.1 Å². The van der Waals surface area contributed by atoms with Gasteiger partial charge in [0.1, 0.15) is 17.6 Å². The van der Waals surface area contributed by atoms with Crippen LogP contribution < -0.4 is 5.32 Å². The fraction of sp³-hybridized carbons (Fsp3) is 0.421. The Bertz CT molecular complexity index is 768. The first kappa shape index (κ1) is 17.2. The molecular formula is C19H23N3O3. The normalized spacial score (nSPS) is 15.0. The molecule has 1 aromatic carbocycles. The summed E-state index contributed by atoms with van der Waals surface area (Å²) in [5.41, 5.74) is 2.35. The molecule has 132 valence electrons. The number of benzene rings is 1. The van der Waals surface area contributed by atoms with Gasteiger partial charge >= 0.3 is 5.97 Å². The van der Waals surface area contributed by atoms with Crippen LogP contribution in [0.2, 0.25) is 0 Å². The number of esters is 1. The summed E-state index contributed by atoms with van der Waals surface area (Å²) in [5, 5.41) is 2.69. The smallest absolute Gasteiger partial charge is 0.328 e. The van der Waals surface area contributed by atoms with Gasteiger partial charge in [0.05, 0.1) is 12.8 Å². The van der Waals surface area contributed by atoms with E-state index in [9.17, 15) is 9.59 Å². The van der Waals surface area contributed by atoms with Crippen molar-refractivity contribution in [2.24, 2.45) is 0 Å². The molecule has 1 atom stereocenters. The third-order valence-corrected chi connectivity index (χ3v) is 4.52. The highest BCUT2D eigenvalue weighted by Crippen LogP contribution is 2.27. The highest BCUT2D eigenvalue weighted by molar-refractivity contribution is 5.96. The van der Waals surface area contributed by atoms with Crippen molar-refractivity contribution in [3.05, 3.63) is 41.7 Å². The highest BCUT2D eigenvalue weighted by atomic mass is 16.5. The van der Waals surface area contributed by atoms with Crippen molar-refractivity contribution >= 4 is 11.9 Å². The van der Waals surface area contributed by atoms with E-state index in [1.165, 1.54) is 7.11 Å². The van der Waals surface area contributed by atoms with Crippen molar-refractivity contribution in [3.63, 3.8) is 0 Å². The molecule has 1 aliphatic heterocycles. The van der Waals surface area contributed by atoms with Crippen molar-refractivity contribution in [1.82, 2.24) is 14.9 Å². The Labute approximate surface area is 147 Å². The van der Waals surface area contributed by atoms with Gasteiger partial charge < -0.3 is 14.6 Å². The van der Waals surface area contributed by atoms with Crippen molar-refractivity contribution in [3.8, 4) is 11.4 Å². The molecule has 3 rings (SSSR count). The zero-order chi connectivity index (χ0) is 17.8. The maximum Gasteiger partial charge on any atom is 0.328 e. The van der Waals surface area contributed by atoms with Gasteiger partial charge in [-0.25, -0.2) is 9.78 Å². The largest absolute Gasteiger partial charge is 0.467 e. The van der Waals surface area contributed by atoms with Gasteiger partial charge in [0.25, 0.3) is 5.91 Å². The van der Waals surface area contributed by atoms with Crippen LogP contribution in [0.15, 0.2) is 30.3 Å². The van der Waals surface area contributed by atoms with E-state index in [0.717, 1.165) is 49.3 Å². The quantitative estimate of drug-likeness (QED) is 0.868. The highest BCUT2D eigenvalue weighted by Gasteiger charge is 2.26. The predicted octanol–water partition coefficient (Wildman–Crippen LogP) is 2.57. The maximum atomic E-state index is 12.7. The van der Waals surface area contributed by atoms with Crippen molar-refractivity contribution in [1.29, 1.82) is 0 Å². The second-order valence-corrected chi connectivity index (χ2v) is 6.28. The van der Waals surface area contributed by atoms with Gasteiger partial charge in [-0.05, 0) is 26.2 Å². The molecule has 1 N–H and O–H groups in total. The monoisotopic (exact) mass is 341 g/mol. The van der Waals surface area contributed by atoms with Crippen LogP contribution in [-0.2, 0) is 22.5 Å².